The standard InChI is InChI=1S/C31H35N5O4/c1-31(2,3)32-30(38)28(23-12-9-15-26(39-4)29(23)40-5)36(22-17-16-20-10-8-11-21(20)18-22)27(37)19-35-25-14-7-6-13-24(25)33-34-35/h6-7,9,12-18,28H,8,10-11,19H2,1-5H3,(H,32,38)/t28-/m1/s1. The molecule has 5 rings (SSSR count). The number of aryl methyl sites for hydroxylation is 2. The minimum absolute atomic E-state index is 0.108. The molecule has 2 amide bonds. The summed E-state index contributed by atoms with van der Waals surface area (Å²) in [6, 6.07) is 17.8. The predicted molar refractivity (Wildman–Crippen MR) is 154 cm³/mol. The molecule has 0 aliphatic heterocycles. The number of hydrogen-bond donors (Lipinski definition) is 1. The van der Waals surface area contributed by atoms with Gasteiger partial charge in [0.1, 0.15) is 18.1 Å². The Balaban J connectivity index is 1.68. The minimum atomic E-state index is -1.05. The number of carbonyl (C=O) groups excluding carboxylic acids is 2. The van der Waals surface area contributed by atoms with Crippen LogP contribution in [0.1, 0.15) is 49.9 Å². The van der Waals surface area contributed by atoms with Gasteiger partial charge in [0.05, 0.1) is 19.7 Å². The molecule has 1 aliphatic carbocycles. The molecule has 1 aromatic heterocycles. The third-order valence-electron chi connectivity index (χ3n) is 7.07. The van der Waals surface area contributed by atoms with Crippen LogP contribution in [0, 0.1) is 0 Å². The highest BCUT2D eigenvalue weighted by atomic mass is 16.5. The van der Waals surface area contributed by atoms with Crippen LogP contribution in [-0.4, -0.2) is 46.6 Å². The normalized spacial score (nSPS) is 13.5. The molecule has 1 heterocycles. The van der Waals surface area contributed by atoms with E-state index in [9.17, 15) is 9.59 Å². The molecule has 9 heteroatoms. The first-order valence-corrected chi connectivity index (χ1v) is 13.4. The van der Waals surface area contributed by atoms with Gasteiger partial charge < -0.3 is 14.8 Å². The van der Waals surface area contributed by atoms with Crippen LogP contribution in [0.25, 0.3) is 11.0 Å². The lowest BCUT2D eigenvalue weighted by Gasteiger charge is -2.34. The summed E-state index contributed by atoms with van der Waals surface area (Å²) in [6.07, 6.45) is 3.00. The van der Waals surface area contributed by atoms with Crippen molar-refractivity contribution in [3.8, 4) is 11.5 Å². The molecule has 0 radical (unpaired) electrons. The number of aromatic nitrogens is 3. The highest BCUT2D eigenvalue weighted by Gasteiger charge is 2.37. The lowest BCUT2D eigenvalue weighted by molar-refractivity contribution is -0.128. The minimum Gasteiger partial charge on any atom is -0.493 e. The Kier molecular flexibility index (Phi) is 7.47. The predicted octanol–water partition coefficient (Wildman–Crippen LogP) is 4.63. The Morgan fingerprint density at radius 2 is 1.77 bits per heavy atom. The summed E-state index contributed by atoms with van der Waals surface area (Å²) in [5, 5.41) is 11.5. The summed E-state index contributed by atoms with van der Waals surface area (Å²) in [5.41, 5.74) is 4.49. The Labute approximate surface area is 234 Å². The average molecular weight is 542 g/mol. The fourth-order valence-corrected chi connectivity index (χ4v) is 5.35. The van der Waals surface area contributed by atoms with Gasteiger partial charge in [0.2, 0.25) is 11.8 Å². The molecule has 40 heavy (non-hydrogen) atoms. The maximum Gasteiger partial charge on any atom is 0.249 e. The molecule has 1 aliphatic rings. The second-order valence-corrected chi connectivity index (χ2v) is 11.0. The van der Waals surface area contributed by atoms with E-state index in [0.29, 0.717) is 28.3 Å². The van der Waals surface area contributed by atoms with E-state index < -0.39 is 11.6 Å². The van der Waals surface area contributed by atoms with Crippen molar-refractivity contribution < 1.29 is 19.1 Å². The number of para-hydroxylation sites is 2. The summed E-state index contributed by atoms with van der Waals surface area (Å²) in [4.78, 5) is 30.1. The van der Waals surface area contributed by atoms with E-state index in [1.165, 1.54) is 18.2 Å². The van der Waals surface area contributed by atoms with Crippen molar-refractivity contribution in [2.75, 3.05) is 19.1 Å². The first-order valence-electron chi connectivity index (χ1n) is 13.4. The van der Waals surface area contributed by atoms with Crippen LogP contribution in [0.3, 0.4) is 0 Å². The SMILES string of the molecule is COc1cccc([C@H](C(=O)NC(C)(C)C)N(C(=O)Cn2nnc3ccccc32)c2ccc3c(c2)CCC3)c1OC. The number of hydrogen-bond acceptors (Lipinski definition) is 6. The first-order chi connectivity index (χ1) is 19.2. The molecule has 1 N–H and O–H groups in total. The molecule has 0 bridgehead atoms. The quantitative estimate of drug-likeness (QED) is 0.349. The third kappa shape index (κ3) is 5.36. The molecule has 0 saturated heterocycles. The van der Waals surface area contributed by atoms with Gasteiger partial charge in [0.25, 0.3) is 0 Å². The summed E-state index contributed by atoms with van der Waals surface area (Å²) in [5.74, 6) is 0.213. The highest BCUT2D eigenvalue weighted by Crippen LogP contribution is 2.40. The maximum atomic E-state index is 14.4. The average Bonchev–Trinajstić information content (AvgIpc) is 3.56. The number of nitrogens with zero attached hydrogens (tertiary/aromatic N) is 4. The monoisotopic (exact) mass is 541 g/mol. The van der Waals surface area contributed by atoms with Gasteiger partial charge in [0, 0.05) is 16.8 Å². The van der Waals surface area contributed by atoms with Crippen LogP contribution in [-0.2, 0) is 29.0 Å². The molecule has 0 saturated carbocycles. The van der Waals surface area contributed by atoms with E-state index in [4.69, 9.17) is 9.47 Å². The molecule has 1 atom stereocenters. The molecule has 0 fully saturated rings. The molecule has 3 aromatic carbocycles. The van der Waals surface area contributed by atoms with Gasteiger partial charge in [-0.2, -0.15) is 0 Å². The van der Waals surface area contributed by atoms with Crippen LogP contribution in [0.2, 0.25) is 0 Å². The Hall–Kier alpha value is -4.40. The van der Waals surface area contributed by atoms with Crippen LogP contribution < -0.4 is 19.7 Å². The van der Waals surface area contributed by atoms with Gasteiger partial charge in [-0.1, -0.05) is 35.5 Å². The van der Waals surface area contributed by atoms with Gasteiger partial charge in [-0.05, 0) is 81.5 Å². The maximum absolute atomic E-state index is 14.4. The molecule has 208 valence electrons. The van der Waals surface area contributed by atoms with Gasteiger partial charge in [-0.15, -0.1) is 5.10 Å². The number of carbonyl (C=O) groups is 2. The van der Waals surface area contributed by atoms with E-state index in [1.807, 2.05) is 57.2 Å². The number of methoxy groups -OCH3 is 2. The Morgan fingerprint density at radius 1 is 1.00 bits per heavy atom. The van der Waals surface area contributed by atoms with Gasteiger partial charge in [0.15, 0.2) is 11.5 Å². The Bertz CT molecular complexity index is 1560. The molecule has 0 unspecified atom stereocenters. The number of rotatable bonds is 8. The second-order valence-electron chi connectivity index (χ2n) is 11.0. The molecule has 9 nitrogen and oxygen atoms in total. The number of anilines is 1. The summed E-state index contributed by atoms with van der Waals surface area (Å²) < 4.78 is 12.9. The topological polar surface area (TPSA) is 98.6 Å². The van der Waals surface area contributed by atoms with Crippen LogP contribution >= 0.6 is 0 Å². The van der Waals surface area contributed by atoms with Crippen molar-refractivity contribution in [3.05, 3.63) is 77.4 Å². The van der Waals surface area contributed by atoms with E-state index in [2.05, 4.69) is 21.7 Å². The van der Waals surface area contributed by atoms with E-state index in [1.54, 1.807) is 34.9 Å². The van der Waals surface area contributed by atoms with Gasteiger partial charge >= 0.3 is 0 Å². The smallest absolute Gasteiger partial charge is 0.249 e. The first kappa shape index (κ1) is 27.2. The molecular weight excluding hydrogens is 506 g/mol. The highest BCUT2D eigenvalue weighted by molar-refractivity contribution is 6.02. The molecular formula is C31H35N5O4. The Morgan fingerprint density at radius 3 is 2.52 bits per heavy atom. The lowest BCUT2D eigenvalue weighted by Crippen LogP contribution is -2.50. The van der Waals surface area contributed by atoms with Crippen molar-refractivity contribution in [3.63, 3.8) is 0 Å². The summed E-state index contributed by atoms with van der Waals surface area (Å²) in [7, 11) is 3.08. The second kappa shape index (κ2) is 11.0. The zero-order valence-electron chi connectivity index (χ0n) is 23.6. The van der Waals surface area contributed by atoms with E-state index >= 15 is 0 Å². The molecule has 4 aromatic rings. The van der Waals surface area contributed by atoms with Crippen molar-refractivity contribution in [2.45, 2.75) is 58.2 Å². The van der Waals surface area contributed by atoms with Gasteiger partial charge in [-0.3, -0.25) is 14.5 Å². The van der Waals surface area contributed by atoms with Crippen molar-refractivity contribution in [1.82, 2.24) is 20.3 Å². The van der Waals surface area contributed by atoms with Crippen molar-refractivity contribution in [2.24, 2.45) is 0 Å². The lowest BCUT2D eigenvalue weighted by atomic mass is 9.98. The summed E-state index contributed by atoms with van der Waals surface area (Å²) >= 11 is 0. The fourth-order valence-electron chi connectivity index (χ4n) is 5.35. The molecule has 0 spiro atoms. The zero-order chi connectivity index (χ0) is 28.4. The van der Waals surface area contributed by atoms with Crippen LogP contribution in [0.4, 0.5) is 5.69 Å². The number of benzene rings is 3. The van der Waals surface area contributed by atoms with E-state index in [0.717, 1.165) is 24.8 Å². The van der Waals surface area contributed by atoms with Crippen molar-refractivity contribution in [1.29, 1.82) is 0 Å². The van der Waals surface area contributed by atoms with Gasteiger partial charge in [-0.25, -0.2) is 4.68 Å². The number of nitrogens with one attached hydrogen (secondary N) is 1. The van der Waals surface area contributed by atoms with E-state index in [-0.39, 0.29) is 18.4 Å². The number of ether oxygens (including phenoxy) is 2. The third-order valence-corrected chi connectivity index (χ3v) is 7.07. The number of fused-ring (bicyclic) bond motifs is 2. The van der Waals surface area contributed by atoms with Crippen molar-refractivity contribution >= 4 is 28.5 Å². The largest absolute Gasteiger partial charge is 0.493 e. The fraction of sp³-hybridized carbons (Fsp3) is 0.355. The summed E-state index contributed by atoms with van der Waals surface area (Å²) in [6.45, 7) is 5.62. The van der Waals surface area contributed by atoms with Crippen LogP contribution in [0.15, 0.2) is 60.7 Å². The van der Waals surface area contributed by atoms with Crippen LogP contribution in [0.5, 0.6) is 11.5 Å². The number of amides is 2. The zero-order valence-corrected chi connectivity index (χ0v) is 23.6.